The van der Waals surface area contributed by atoms with Crippen LogP contribution >= 0.6 is 0 Å². The van der Waals surface area contributed by atoms with E-state index in [2.05, 4.69) is 68.8 Å². The Morgan fingerprint density at radius 3 is 2.27 bits per heavy atom. The highest BCUT2D eigenvalue weighted by Crippen LogP contribution is 2.47. The second kappa shape index (κ2) is 5.06. The van der Waals surface area contributed by atoms with Gasteiger partial charge in [0.05, 0.1) is 16.9 Å². The van der Waals surface area contributed by atoms with Gasteiger partial charge in [0.15, 0.2) is 0 Å². The smallest absolute Gasteiger partial charge is 0.103 e. The maximum atomic E-state index is 9.53. The van der Waals surface area contributed by atoms with Crippen molar-refractivity contribution in [3.05, 3.63) is 52.6 Å². The van der Waals surface area contributed by atoms with E-state index in [1.54, 1.807) is 0 Å². The highest BCUT2D eigenvalue weighted by atomic mass is 15.4. The molecule has 112 valence electrons. The lowest BCUT2D eigenvalue weighted by Crippen LogP contribution is -2.36. The van der Waals surface area contributed by atoms with E-state index in [1.165, 1.54) is 22.4 Å². The highest BCUT2D eigenvalue weighted by molar-refractivity contribution is 5.89. The molecule has 0 radical (unpaired) electrons. The number of anilines is 3. The molecule has 2 aromatic rings. The summed E-state index contributed by atoms with van der Waals surface area (Å²) < 4.78 is 0. The fourth-order valence-corrected chi connectivity index (χ4v) is 3.57. The first-order chi connectivity index (χ1) is 10.5. The van der Waals surface area contributed by atoms with Crippen molar-refractivity contribution in [2.45, 2.75) is 33.9 Å². The zero-order valence-corrected chi connectivity index (χ0v) is 13.8. The Hall–Kier alpha value is -2.47. The summed E-state index contributed by atoms with van der Waals surface area (Å²) in [6.07, 6.45) is 0.185. The second-order valence-corrected chi connectivity index (χ2v) is 6.15. The van der Waals surface area contributed by atoms with Crippen LogP contribution in [0.2, 0.25) is 0 Å². The van der Waals surface area contributed by atoms with Gasteiger partial charge in [-0.1, -0.05) is 23.8 Å². The number of hydrogen-bond acceptors (Lipinski definition) is 3. The summed E-state index contributed by atoms with van der Waals surface area (Å²) in [7, 11) is 2.09. The molecule has 0 saturated heterocycles. The lowest BCUT2D eigenvalue weighted by atomic mass is 10.0. The molecule has 0 aliphatic carbocycles. The van der Waals surface area contributed by atoms with Crippen molar-refractivity contribution in [2.75, 3.05) is 16.8 Å². The van der Waals surface area contributed by atoms with E-state index in [0.717, 1.165) is 16.9 Å². The Morgan fingerprint density at radius 2 is 1.68 bits per heavy atom. The molecule has 1 aliphatic rings. The van der Waals surface area contributed by atoms with Crippen LogP contribution in [0.4, 0.5) is 17.1 Å². The van der Waals surface area contributed by atoms with E-state index < -0.39 is 0 Å². The van der Waals surface area contributed by atoms with E-state index in [9.17, 15) is 5.26 Å². The molecule has 0 amide bonds. The van der Waals surface area contributed by atoms with Crippen LogP contribution in [0, 0.1) is 32.1 Å². The molecule has 1 aliphatic heterocycles. The van der Waals surface area contributed by atoms with Crippen molar-refractivity contribution in [2.24, 2.45) is 0 Å². The van der Waals surface area contributed by atoms with Gasteiger partial charge >= 0.3 is 0 Å². The van der Waals surface area contributed by atoms with Gasteiger partial charge in [0.25, 0.3) is 0 Å². The summed E-state index contributed by atoms with van der Waals surface area (Å²) in [5.41, 5.74) is 7.85. The number of nitriles is 1. The van der Waals surface area contributed by atoms with E-state index in [1.807, 2.05) is 12.1 Å². The molecule has 0 bridgehead atoms. The molecule has 0 aromatic heterocycles. The van der Waals surface area contributed by atoms with Crippen molar-refractivity contribution in [1.82, 2.24) is 0 Å². The van der Waals surface area contributed by atoms with Crippen LogP contribution in [0.3, 0.4) is 0 Å². The van der Waals surface area contributed by atoms with E-state index in [0.29, 0.717) is 0 Å². The number of aryl methyl sites for hydroxylation is 3. The monoisotopic (exact) mass is 291 g/mol. The number of para-hydroxylation sites is 1. The predicted octanol–water partition coefficient (Wildman–Crippen LogP) is 4.42. The summed E-state index contributed by atoms with van der Waals surface area (Å²) in [5.74, 6) is 0. The van der Waals surface area contributed by atoms with Gasteiger partial charge in [-0.15, -0.1) is 0 Å². The molecule has 3 nitrogen and oxygen atoms in total. The van der Waals surface area contributed by atoms with Crippen molar-refractivity contribution in [1.29, 1.82) is 5.26 Å². The average molecular weight is 291 g/mol. The molecule has 1 heterocycles. The number of fused-ring (bicyclic) bond motifs is 1. The molecule has 2 aromatic carbocycles. The first-order valence-corrected chi connectivity index (χ1v) is 7.58. The quantitative estimate of drug-likeness (QED) is 0.779. The van der Waals surface area contributed by atoms with Crippen LogP contribution in [0.1, 0.15) is 29.2 Å². The first kappa shape index (κ1) is 14.5. The van der Waals surface area contributed by atoms with Gasteiger partial charge in [-0.05, 0) is 51.0 Å². The lowest BCUT2D eigenvalue weighted by Gasteiger charge is -2.30. The minimum absolute atomic E-state index is 0.185. The van der Waals surface area contributed by atoms with E-state index >= 15 is 0 Å². The van der Waals surface area contributed by atoms with Gasteiger partial charge in [-0.25, -0.2) is 0 Å². The van der Waals surface area contributed by atoms with Crippen LogP contribution in [-0.4, -0.2) is 13.2 Å². The van der Waals surface area contributed by atoms with Gasteiger partial charge < -0.3 is 9.80 Å². The van der Waals surface area contributed by atoms with E-state index in [4.69, 9.17) is 0 Å². The van der Waals surface area contributed by atoms with Crippen molar-refractivity contribution in [3.63, 3.8) is 0 Å². The van der Waals surface area contributed by atoms with Gasteiger partial charge in [-0.3, -0.25) is 0 Å². The average Bonchev–Trinajstić information content (AvgIpc) is 2.72. The lowest BCUT2D eigenvalue weighted by molar-refractivity contribution is 0.730. The normalized spacial score (nSPS) is 16.6. The Balaban J connectivity index is 2.29. The number of benzene rings is 2. The molecule has 0 N–H and O–H groups in total. The van der Waals surface area contributed by atoms with Crippen LogP contribution < -0.4 is 9.80 Å². The molecule has 3 rings (SSSR count). The second-order valence-electron chi connectivity index (χ2n) is 6.15. The van der Waals surface area contributed by atoms with Gasteiger partial charge in [0.2, 0.25) is 0 Å². The highest BCUT2D eigenvalue weighted by Gasteiger charge is 2.34. The van der Waals surface area contributed by atoms with Gasteiger partial charge in [0, 0.05) is 12.7 Å². The van der Waals surface area contributed by atoms with Gasteiger partial charge in [-0.2, -0.15) is 5.26 Å². The van der Waals surface area contributed by atoms with Crippen LogP contribution in [-0.2, 0) is 0 Å². The van der Waals surface area contributed by atoms with Crippen molar-refractivity contribution < 1.29 is 0 Å². The minimum atomic E-state index is 0.185. The number of hydrogen-bond donors (Lipinski definition) is 0. The molecule has 22 heavy (non-hydrogen) atoms. The van der Waals surface area contributed by atoms with Crippen molar-refractivity contribution >= 4 is 17.1 Å². The number of rotatable bonds is 1. The third-order valence-corrected chi connectivity index (χ3v) is 4.57. The molecule has 0 spiro atoms. The Kier molecular flexibility index (Phi) is 3.33. The maximum Gasteiger partial charge on any atom is 0.103 e. The van der Waals surface area contributed by atoms with E-state index in [-0.39, 0.29) is 6.17 Å². The summed E-state index contributed by atoms with van der Waals surface area (Å²) in [6.45, 7) is 8.60. The maximum absolute atomic E-state index is 9.53. The fourth-order valence-electron chi connectivity index (χ4n) is 3.57. The summed E-state index contributed by atoms with van der Waals surface area (Å²) >= 11 is 0. The summed E-state index contributed by atoms with van der Waals surface area (Å²) in [4.78, 5) is 4.53. The SMILES string of the molecule is Cc1cc(C)c(N2c3c(C#N)cccc3N(C)[C@@H]2C)c(C)c1. The van der Waals surface area contributed by atoms with Crippen LogP contribution in [0.5, 0.6) is 0 Å². The third-order valence-electron chi connectivity index (χ3n) is 4.57. The molecular weight excluding hydrogens is 270 g/mol. The van der Waals surface area contributed by atoms with Crippen LogP contribution in [0.25, 0.3) is 0 Å². The van der Waals surface area contributed by atoms with Gasteiger partial charge in [0.1, 0.15) is 12.2 Å². The standard InChI is InChI=1S/C19H21N3/c1-12-9-13(2)18(14(3)10-12)22-15(4)21(5)17-8-6-7-16(11-20)19(17)22/h6-10,15H,1-5H3/t15-/m0/s1. The largest absolute Gasteiger partial charge is 0.352 e. The minimum Gasteiger partial charge on any atom is -0.352 e. The summed E-state index contributed by atoms with van der Waals surface area (Å²) in [6, 6.07) is 12.7. The summed E-state index contributed by atoms with van der Waals surface area (Å²) in [5, 5.41) is 9.53. The molecule has 0 fully saturated rings. The number of nitrogens with zero attached hydrogens (tertiary/aromatic N) is 3. The third kappa shape index (κ3) is 1.95. The zero-order valence-electron chi connectivity index (χ0n) is 13.8. The Bertz CT molecular complexity index is 763. The Morgan fingerprint density at radius 1 is 1.05 bits per heavy atom. The topological polar surface area (TPSA) is 30.3 Å². The molecule has 1 atom stereocenters. The Labute approximate surface area is 132 Å². The predicted molar refractivity (Wildman–Crippen MR) is 91.8 cm³/mol. The molecule has 0 saturated carbocycles. The molecule has 0 unspecified atom stereocenters. The molecular formula is C19H21N3. The zero-order chi connectivity index (χ0) is 16.0. The van der Waals surface area contributed by atoms with Crippen molar-refractivity contribution in [3.8, 4) is 6.07 Å². The van der Waals surface area contributed by atoms with Crippen LogP contribution in [0.15, 0.2) is 30.3 Å². The molecule has 3 heteroatoms. The fraction of sp³-hybridized carbons (Fsp3) is 0.316. The first-order valence-electron chi connectivity index (χ1n) is 7.58.